The molecule has 1 aromatic rings. The van der Waals surface area contributed by atoms with Gasteiger partial charge in [0.05, 0.1) is 0 Å². The summed E-state index contributed by atoms with van der Waals surface area (Å²) in [6, 6.07) is 9.45. The number of hydrogen-bond acceptors (Lipinski definition) is 3. The van der Waals surface area contributed by atoms with Crippen LogP contribution in [0.4, 0.5) is 0 Å². The van der Waals surface area contributed by atoms with E-state index in [1.807, 2.05) is 37.3 Å². The van der Waals surface area contributed by atoms with Crippen LogP contribution in [0, 0.1) is 23.2 Å². The summed E-state index contributed by atoms with van der Waals surface area (Å²) in [5.74, 6) is 2.13. The molecule has 4 saturated carbocycles. The smallest absolute Gasteiger partial charge is 0.242 e. The van der Waals surface area contributed by atoms with Crippen molar-refractivity contribution in [2.75, 3.05) is 6.54 Å². The highest BCUT2D eigenvalue weighted by molar-refractivity contribution is 5.90. The van der Waals surface area contributed by atoms with E-state index in [0.29, 0.717) is 30.7 Å². The van der Waals surface area contributed by atoms with Crippen molar-refractivity contribution in [2.45, 2.75) is 70.4 Å². The molecule has 5 nitrogen and oxygen atoms in total. The van der Waals surface area contributed by atoms with Crippen molar-refractivity contribution in [2.24, 2.45) is 28.9 Å². The lowest BCUT2D eigenvalue weighted by Crippen LogP contribution is -2.57. The molecule has 0 spiro atoms. The normalized spacial score (nSPS) is 30.8. The third kappa shape index (κ3) is 5.17. The van der Waals surface area contributed by atoms with Crippen molar-refractivity contribution in [1.82, 2.24) is 10.6 Å². The van der Waals surface area contributed by atoms with Crippen LogP contribution in [-0.4, -0.2) is 30.4 Å². The number of carbonyl (C=O) groups excluding carboxylic acids is 2. The lowest BCUT2D eigenvalue weighted by atomic mass is 9.49. The first kappa shape index (κ1) is 23.1. The van der Waals surface area contributed by atoms with E-state index in [1.165, 1.54) is 19.3 Å². The fraction of sp³-hybridized carbons (Fsp3) is 0.667. The molecular formula is C24H36ClN3O2. The minimum Gasteiger partial charge on any atom is -0.354 e. The summed E-state index contributed by atoms with van der Waals surface area (Å²) in [6.07, 6.45) is 8.18. The molecule has 4 bridgehead atoms. The van der Waals surface area contributed by atoms with Gasteiger partial charge >= 0.3 is 0 Å². The van der Waals surface area contributed by atoms with Gasteiger partial charge in [-0.1, -0.05) is 30.3 Å². The molecule has 0 radical (unpaired) electrons. The third-order valence-corrected chi connectivity index (χ3v) is 7.32. The molecule has 4 aliphatic carbocycles. The first-order valence-electron chi connectivity index (χ1n) is 11.3. The van der Waals surface area contributed by atoms with Crippen molar-refractivity contribution >= 4 is 24.2 Å². The van der Waals surface area contributed by atoms with E-state index in [1.54, 1.807) is 0 Å². The molecule has 4 N–H and O–H groups in total. The van der Waals surface area contributed by atoms with Gasteiger partial charge in [0, 0.05) is 24.4 Å². The third-order valence-electron chi connectivity index (χ3n) is 7.32. The van der Waals surface area contributed by atoms with Gasteiger partial charge in [0.15, 0.2) is 0 Å². The Morgan fingerprint density at radius 3 is 2.17 bits per heavy atom. The van der Waals surface area contributed by atoms with E-state index in [2.05, 4.69) is 10.6 Å². The monoisotopic (exact) mass is 433 g/mol. The van der Waals surface area contributed by atoms with Crippen LogP contribution in [0.1, 0.15) is 57.4 Å². The van der Waals surface area contributed by atoms with Gasteiger partial charge in [-0.25, -0.2) is 0 Å². The molecule has 2 atom stereocenters. The van der Waals surface area contributed by atoms with Crippen LogP contribution in [0.3, 0.4) is 0 Å². The standard InChI is InChI=1S/C24H35N3O2.ClH/c1-16(25)7-8-26-22(28)21(12-17-5-3-2-4-6-17)27-23(29)24-13-18-9-19(14-24)11-20(10-18)15-24;/h2-6,16,18-21H,7-15,25H2,1H3,(H,26,28)(H,27,29);1H. The highest BCUT2D eigenvalue weighted by Gasteiger charge is 2.54. The Balaban J connectivity index is 0.00000256. The maximum Gasteiger partial charge on any atom is 0.242 e. The Bertz CT molecular complexity index is 702. The molecule has 0 aliphatic heterocycles. The van der Waals surface area contributed by atoms with Crippen LogP contribution in [0.25, 0.3) is 0 Å². The minimum absolute atomic E-state index is 0. The molecular weight excluding hydrogens is 398 g/mol. The second-order valence-corrected chi connectivity index (χ2v) is 9.97. The zero-order chi connectivity index (χ0) is 20.4. The number of hydrogen-bond donors (Lipinski definition) is 3. The predicted molar refractivity (Wildman–Crippen MR) is 121 cm³/mol. The number of rotatable bonds is 8. The summed E-state index contributed by atoms with van der Waals surface area (Å²) >= 11 is 0. The molecule has 4 fully saturated rings. The van der Waals surface area contributed by atoms with Gasteiger partial charge in [-0.05, 0) is 75.2 Å². The summed E-state index contributed by atoms with van der Waals surface area (Å²) in [4.78, 5) is 26.4. The van der Waals surface area contributed by atoms with Crippen molar-refractivity contribution < 1.29 is 9.59 Å². The van der Waals surface area contributed by atoms with Crippen LogP contribution in [-0.2, 0) is 16.0 Å². The van der Waals surface area contributed by atoms with Gasteiger partial charge in [-0.2, -0.15) is 0 Å². The van der Waals surface area contributed by atoms with Gasteiger partial charge in [-0.15, -0.1) is 12.4 Å². The first-order chi connectivity index (χ1) is 13.9. The molecule has 30 heavy (non-hydrogen) atoms. The molecule has 166 valence electrons. The summed E-state index contributed by atoms with van der Waals surface area (Å²) in [6.45, 7) is 2.47. The maximum atomic E-state index is 13.5. The number of nitrogens with one attached hydrogen (secondary N) is 2. The number of carbonyl (C=O) groups is 2. The predicted octanol–water partition coefficient (Wildman–Crippen LogP) is 3.21. The number of benzene rings is 1. The van der Waals surface area contributed by atoms with Crippen molar-refractivity contribution in [3.8, 4) is 0 Å². The zero-order valence-corrected chi connectivity index (χ0v) is 18.8. The summed E-state index contributed by atoms with van der Waals surface area (Å²) < 4.78 is 0. The molecule has 2 amide bonds. The van der Waals surface area contributed by atoms with E-state index in [9.17, 15) is 9.59 Å². The molecule has 1 aromatic carbocycles. The number of halogens is 1. The van der Waals surface area contributed by atoms with Crippen LogP contribution >= 0.6 is 12.4 Å². The van der Waals surface area contributed by atoms with Crippen molar-refractivity contribution in [3.63, 3.8) is 0 Å². The lowest BCUT2D eigenvalue weighted by molar-refractivity contribution is -0.148. The molecule has 0 saturated heterocycles. The molecule has 4 aliphatic rings. The van der Waals surface area contributed by atoms with Crippen LogP contribution in [0.2, 0.25) is 0 Å². The second-order valence-electron chi connectivity index (χ2n) is 9.97. The summed E-state index contributed by atoms with van der Waals surface area (Å²) in [7, 11) is 0. The van der Waals surface area contributed by atoms with Crippen molar-refractivity contribution in [1.29, 1.82) is 0 Å². The maximum absolute atomic E-state index is 13.5. The van der Waals surface area contributed by atoms with E-state index in [-0.39, 0.29) is 35.7 Å². The van der Waals surface area contributed by atoms with Gasteiger partial charge < -0.3 is 16.4 Å². The van der Waals surface area contributed by atoms with Gasteiger partial charge in [0.1, 0.15) is 6.04 Å². The zero-order valence-electron chi connectivity index (χ0n) is 17.9. The summed E-state index contributed by atoms with van der Waals surface area (Å²) in [5, 5.41) is 6.16. The number of amides is 2. The molecule has 2 unspecified atom stereocenters. The fourth-order valence-electron chi connectivity index (χ4n) is 6.31. The Morgan fingerprint density at radius 1 is 1.07 bits per heavy atom. The van der Waals surface area contributed by atoms with Gasteiger partial charge in [-0.3, -0.25) is 9.59 Å². The van der Waals surface area contributed by atoms with E-state index < -0.39 is 6.04 Å². The second kappa shape index (κ2) is 9.69. The van der Waals surface area contributed by atoms with Crippen LogP contribution in [0.5, 0.6) is 0 Å². The molecule has 0 heterocycles. The fourth-order valence-corrected chi connectivity index (χ4v) is 6.31. The summed E-state index contributed by atoms with van der Waals surface area (Å²) in [5.41, 5.74) is 6.63. The largest absolute Gasteiger partial charge is 0.354 e. The average Bonchev–Trinajstić information content (AvgIpc) is 2.67. The van der Waals surface area contributed by atoms with E-state index >= 15 is 0 Å². The quantitative estimate of drug-likeness (QED) is 0.588. The Labute approximate surface area is 186 Å². The molecule has 6 heteroatoms. The van der Waals surface area contributed by atoms with Crippen LogP contribution < -0.4 is 16.4 Å². The Kier molecular flexibility index (Phi) is 7.46. The lowest BCUT2D eigenvalue weighted by Gasteiger charge is -2.55. The van der Waals surface area contributed by atoms with Crippen LogP contribution in [0.15, 0.2) is 30.3 Å². The van der Waals surface area contributed by atoms with E-state index in [0.717, 1.165) is 31.2 Å². The Hall–Kier alpha value is -1.59. The van der Waals surface area contributed by atoms with E-state index in [4.69, 9.17) is 5.73 Å². The average molecular weight is 434 g/mol. The van der Waals surface area contributed by atoms with Crippen molar-refractivity contribution in [3.05, 3.63) is 35.9 Å². The minimum atomic E-state index is -0.536. The first-order valence-corrected chi connectivity index (χ1v) is 11.3. The molecule has 5 rings (SSSR count). The Morgan fingerprint density at radius 2 is 1.63 bits per heavy atom. The topological polar surface area (TPSA) is 84.2 Å². The van der Waals surface area contributed by atoms with Gasteiger partial charge in [0.25, 0.3) is 0 Å². The highest BCUT2D eigenvalue weighted by atomic mass is 35.5. The molecule has 0 aromatic heterocycles. The number of nitrogens with two attached hydrogens (primary N) is 1. The highest BCUT2D eigenvalue weighted by Crippen LogP contribution is 2.60. The SMILES string of the molecule is CC(N)CCNC(=O)C(Cc1ccccc1)NC(=O)C12CC3CC(CC(C3)C1)C2.Cl. The van der Waals surface area contributed by atoms with Gasteiger partial charge in [0.2, 0.25) is 11.8 Å².